The number of pyridine rings is 2. The fraction of sp³-hybridized carbons (Fsp3) is 0. The van der Waals surface area contributed by atoms with Gasteiger partial charge in [0, 0.05) is 24.0 Å². The number of carboxylic acid groups (broad SMARTS) is 1. The molecule has 3 aromatic rings. The zero-order valence-electron chi connectivity index (χ0n) is 10.5. The van der Waals surface area contributed by atoms with E-state index in [-0.39, 0.29) is 11.3 Å². The number of hydrogen-bond acceptors (Lipinski definition) is 4. The number of aromatic nitrogens is 2. The second-order valence-electron chi connectivity index (χ2n) is 3.90. The first-order valence-corrected chi connectivity index (χ1v) is 5.84. The Labute approximate surface area is 115 Å². The monoisotopic (exact) mass is 268 g/mol. The quantitative estimate of drug-likeness (QED) is 0.709. The summed E-state index contributed by atoms with van der Waals surface area (Å²) in [6.45, 7) is 0. The van der Waals surface area contributed by atoms with Crippen LogP contribution in [0.3, 0.4) is 0 Å². The van der Waals surface area contributed by atoms with Gasteiger partial charge in [0.25, 0.3) is 0 Å². The van der Waals surface area contributed by atoms with Crippen molar-refractivity contribution in [2.24, 2.45) is 0 Å². The third-order valence-electron chi connectivity index (χ3n) is 2.52. The summed E-state index contributed by atoms with van der Waals surface area (Å²) in [7, 11) is 0. The van der Waals surface area contributed by atoms with E-state index in [9.17, 15) is 9.90 Å². The molecule has 3 rings (SSSR count). The third-order valence-corrected chi connectivity index (χ3v) is 2.52. The van der Waals surface area contributed by atoms with Gasteiger partial charge in [-0.1, -0.05) is 18.2 Å². The van der Waals surface area contributed by atoms with Gasteiger partial charge in [-0.2, -0.15) is 0 Å². The molecule has 5 nitrogen and oxygen atoms in total. The van der Waals surface area contributed by atoms with Crippen LogP contribution in [0.2, 0.25) is 0 Å². The van der Waals surface area contributed by atoms with Gasteiger partial charge in [-0.05, 0) is 24.3 Å². The molecule has 0 bridgehead atoms. The van der Waals surface area contributed by atoms with Crippen LogP contribution in [0.5, 0.6) is 5.75 Å². The van der Waals surface area contributed by atoms with Crippen molar-refractivity contribution in [2.75, 3.05) is 0 Å². The summed E-state index contributed by atoms with van der Waals surface area (Å²) in [6, 6.07) is 12.2. The number of rotatable bonds is 1. The topological polar surface area (TPSA) is 83.3 Å². The summed E-state index contributed by atoms with van der Waals surface area (Å²) in [4.78, 5) is 17.8. The lowest BCUT2D eigenvalue weighted by molar-refractivity contribution is 0.0696. The summed E-state index contributed by atoms with van der Waals surface area (Å²) >= 11 is 0. The molecule has 0 amide bonds. The number of nitrogens with zero attached hydrogens (tertiary/aromatic N) is 2. The van der Waals surface area contributed by atoms with Crippen LogP contribution in [0.4, 0.5) is 0 Å². The van der Waals surface area contributed by atoms with Gasteiger partial charge in [0.15, 0.2) is 0 Å². The first kappa shape index (κ1) is 13.5. The molecular formula is C15H12N2O3. The Morgan fingerprint density at radius 2 is 1.75 bits per heavy atom. The van der Waals surface area contributed by atoms with E-state index in [4.69, 9.17) is 5.11 Å². The lowest BCUT2D eigenvalue weighted by atomic mass is 10.2. The predicted molar refractivity (Wildman–Crippen MR) is 74.6 cm³/mol. The van der Waals surface area contributed by atoms with Crippen LogP contribution in [0, 0.1) is 0 Å². The molecule has 0 aliphatic rings. The maximum Gasteiger partial charge on any atom is 0.337 e. The molecule has 2 aromatic heterocycles. The fourth-order valence-corrected chi connectivity index (χ4v) is 1.58. The van der Waals surface area contributed by atoms with Crippen molar-refractivity contribution in [1.82, 2.24) is 9.97 Å². The average molecular weight is 268 g/mol. The molecule has 0 atom stereocenters. The first-order chi connectivity index (χ1) is 9.68. The molecule has 0 spiro atoms. The van der Waals surface area contributed by atoms with E-state index in [2.05, 4.69) is 9.97 Å². The first-order valence-electron chi connectivity index (χ1n) is 5.84. The van der Waals surface area contributed by atoms with Gasteiger partial charge < -0.3 is 10.2 Å². The van der Waals surface area contributed by atoms with E-state index in [0.717, 1.165) is 5.39 Å². The number of phenols is 1. The standard InChI is InChI=1S/C9H7NO.C6H5NO2/c11-8-5-1-3-7-4-2-6-10-9(7)8;8-6(9)5-2-1-3-7-4-5/h1-6,11H;1-4H,(H,8,9). The molecule has 0 aliphatic heterocycles. The van der Waals surface area contributed by atoms with E-state index in [1.165, 1.54) is 18.5 Å². The molecule has 0 fully saturated rings. The van der Waals surface area contributed by atoms with Crippen LogP contribution in [0.15, 0.2) is 61.1 Å². The highest BCUT2D eigenvalue weighted by molar-refractivity contribution is 5.87. The number of fused-ring (bicyclic) bond motifs is 1. The molecular weight excluding hydrogens is 256 g/mol. The van der Waals surface area contributed by atoms with E-state index >= 15 is 0 Å². The van der Waals surface area contributed by atoms with Crippen molar-refractivity contribution in [2.45, 2.75) is 0 Å². The number of aromatic hydroxyl groups is 1. The van der Waals surface area contributed by atoms with Crippen LogP contribution in [0.1, 0.15) is 10.4 Å². The summed E-state index contributed by atoms with van der Waals surface area (Å²) in [5.41, 5.74) is 0.882. The predicted octanol–water partition coefficient (Wildman–Crippen LogP) is 2.72. The second kappa shape index (κ2) is 6.29. The Bertz CT molecular complexity index is 709. The van der Waals surface area contributed by atoms with Gasteiger partial charge in [0.2, 0.25) is 0 Å². The Kier molecular flexibility index (Phi) is 4.24. The number of hydrogen-bond donors (Lipinski definition) is 2. The number of para-hydroxylation sites is 1. The van der Waals surface area contributed by atoms with E-state index in [1.807, 2.05) is 18.2 Å². The Hall–Kier alpha value is -2.95. The second-order valence-corrected chi connectivity index (χ2v) is 3.90. The highest BCUT2D eigenvalue weighted by Crippen LogP contribution is 2.20. The molecule has 1 aromatic carbocycles. The minimum Gasteiger partial charge on any atom is -0.506 e. The maximum absolute atomic E-state index is 10.2. The summed E-state index contributed by atoms with van der Waals surface area (Å²) in [5.74, 6) is -0.703. The van der Waals surface area contributed by atoms with Crippen LogP contribution in [0.25, 0.3) is 10.9 Å². The largest absolute Gasteiger partial charge is 0.506 e. The number of benzene rings is 1. The van der Waals surface area contributed by atoms with Gasteiger partial charge in [0.05, 0.1) is 5.56 Å². The molecule has 100 valence electrons. The molecule has 2 heterocycles. The van der Waals surface area contributed by atoms with Crippen LogP contribution >= 0.6 is 0 Å². The lowest BCUT2D eigenvalue weighted by Gasteiger charge is -1.96. The highest BCUT2D eigenvalue weighted by atomic mass is 16.4. The van der Waals surface area contributed by atoms with E-state index in [0.29, 0.717) is 5.52 Å². The molecule has 0 saturated heterocycles. The summed E-state index contributed by atoms with van der Waals surface area (Å²) in [5, 5.41) is 18.6. The Balaban J connectivity index is 0.000000151. The van der Waals surface area contributed by atoms with E-state index in [1.54, 1.807) is 24.4 Å². The minimum absolute atomic E-state index is 0.220. The van der Waals surface area contributed by atoms with Crippen molar-refractivity contribution in [3.63, 3.8) is 0 Å². The van der Waals surface area contributed by atoms with Crippen LogP contribution in [-0.2, 0) is 0 Å². The number of phenolic OH excluding ortho intramolecular Hbond substituents is 1. The smallest absolute Gasteiger partial charge is 0.337 e. The van der Waals surface area contributed by atoms with Gasteiger partial charge in [-0.25, -0.2) is 4.79 Å². The number of carbonyl (C=O) groups is 1. The minimum atomic E-state index is -0.942. The van der Waals surface area contributed by atoms with Crippen LogP contribution < -0.4 is 0 Å². The molecule has 0 radical (unpaired) electrons. The number of aromatic carboxylic acids is 1. The summed E-state index contributed by atoms with van der Waals surface area (Å²) < 4.78 is 0. The van der Waals surface area contributed by atoms with Gasteiger partial charge in [-0.15, -0.1) is 0 Å². The SMILES string of the molecule is O=C(O)c1cccnc1.Oc1cccc2cccnc12. The van der Waals surface area contributed by atoms with Gasteiger partial charge >= 0.3 is 5.97 Å². The molecule has 0 saturated carbocycles. The average Bonchev–Trinajstić information content (AvgIpc) is 2.49. The fourth-order valence-electron chi connectivity index (χ4n) is 1.58. The van der Waals surface area contributed by atoms with E-state index < -0.39 is 5.97 Å². The van der Waals surface area contributed by atoms with Gasteiger partial charge in [-0.3, -0.25) is 9.97 Å². The summed E-state index contributed by atoms with van der Waals surface area (Å²) in [6.07, 6.45) is 4.51. The van der Waals surface area contributed by atoms with Crippen molar-refractivity contribution < 1.29 is 15.0 Å². The highest BCUT2D eigenvalue weighted by Gasteiger charge is 1.98. The maximum atomic E-state index is 10.2. The zero-order chi connectivity index (χ0) is 14.4. The number of carboxylic acids is 1. The molecule has 0 aliphatic carbocycles. The van der Waals surface area contributed by atoms with Gasteiger partial charge in [0.1, 0.15) is 11.3 Å². The third kappa shape index (κ3) is 3.29. The zero-order valence-corrected chi connectivity index (χ0v) is 10.5. The Morgan fingerprint density at radius 3 is 2.35 bits per heavy atom. The molecule has 2 N–H and O–H groups in total. The molecule has 20 heavy (non-hydrogen) atoms. The normalized spacial score (nSPS) is 9.60. The van der Waals surface area contributed by atoms with Crippen molar-refractivity contribution >= 4 is 16.9 Å². The molecule has 5 heteroatoms. The van der Waals surface area contributed by atoms with Crippen LogP contribution in [-0.4, -0.2) is 26.2 Å². The Morgan fingerprint density at radius 1 is 1.00 bits per heavy atom. The molecule has 0 unspecified atom stereocenters. The lowest BCUT2D eigenvalue weighted by Crippen LogP contribution is -1.94. The van der Waals surface area contributed by atoms with Crippen molar-refractivity contribution in [1.29, 1.82) is 0 Å². The van der Waals surface area contributed by atoms with Crippen molar-refractivity contribution in [3.05, 3.63) is 66.6 Å². The van der Waals surface area contributed by atoms with Crippen molar-refractivity contribution in [3.8, 4) is 5.75 Å².